The monoisotopic (exact) mass is 352 g/mol. The van der Waals surface area contributed by atoms with E-state index in [9.17, 15) is 9.59 Å². The molecule has 0 aliphatic carbocycles. The number of methoxy groups -OCH3 is 2. The highest BCUT2D eigenvalue weighted by Gasteiger charge is 2.14. The van der Waals surface area contributed by atoms with Gasteiger partial charge in [0.05, 0.1) is 27.8 Å². The van der Waals surface area contributed by atoms with E-state index >= 15 is 0 Å². The first-order valence-corrected chi connectivity index (χ1v) is 8.52. The molecule has 1 aromatic rings. The van der Waals surface area contributed by atoms with Gasteiger partial charge in [-0.05, 0) is 31.0 Å². The molecule has 3 N–H and O–H groups in total. The zero-order chi connectivity index (χ0) is 18.8. The van der Waals surface area contributed by atoms with Crippen molar-refractivity contribution in [2.24, 2.45) is 0 Å². The number of rotatable bonds is 9. The molecule has 0 fully saturated rings. The Hall–Kier alpha value is -2.28. The summed E-state index contributed by atoms with van der Waals surface area (Å²) in [7, 11) is 5.13. The lowest BCUT2D eigenvalue weighted by atomic mass is 10.1. The summed E-state index contributed by atoms with van der Waals surface area (Å²) in [6.07, 6.45) is 1.61. The van der Waals surface area contributed by atoms with Gasteiger partial charge in [-0.1, -0.05) is 13.0 Å². The van der Waals surface area contributed by atoms with Gasteiger partial charge in [-0.25, -0.2) is 4.79 Å². The van der Waals surface area contributed by atoms with Gasteiger partial charge >= 0.3 is 6.03 Å². The maximum absolute atomic E-state index is 11.9. The Morgan fingerprint density at radius 1 is 1.20 bits per heavy atom. The average molecular weight is 352 g/mol. The summed E-state index contributed by atoms with van der Waals surface area (Å²) in [6, 6.07) is 5.39. The molecule has 0 saturated heterocycles. The van der Waals surface area contributed by atoms with Crippen LogP contribution in [0.25, 0.3) is 0 Å². The molecule has 0 aromatic heterocycles. The van der Waals surface area contributed by atoms with Crippen LogP contribution in [0.4, 0.5) is 4.79 Å². The summed E-state index contributed by atoms with van der Waals surface area (Å²) in [5, 5.41) is 5.07. The highest BCUT2D eigenvalue weighted by Crippen LogP contribution is 2.27. The van der Waals surface area contributed by atoms with Crippen LogP contribution in [0.1, 0.15) is 25.8 Å². The number of carbonyl (C=O) groups excluding carboxylic acids is 2. The zero-order valence-electron chi connectivity index (χ0n) is 15.8. The van der Waals surface area contributed by atoms with E-state index in [-0.39, 0.29) is 18.5 Å². The smallest absolute Gasteiger partial charge is 0.321 e. The van der Waals surface area contributed by atoms with Gasteiger partial charge in [0.2, 0.25) is 0 Å². The van der Waals surface area contributed by atoms with Crippen molar-refractivity contribution in [2.75, 3.05) is 34.4 Å². The van der Waals surface area contributed by atoms with E-state index in [0.717, 1.165) is 29.8 Å². The number of nitrogens with one attached hydrogen (secondary N) is 3. The normalized spacial score (nSPS) is 12.8. The predicted molar refractivity (Wildman–Crippen MR) is 96.3 cm³/mol. The van der Waals surface area contributed by atoms with E-state index in [2.05, 4.69) is 10.6 Å². The Kier molecular flexibility index (Phi) is 8.77. The maximum Gasteiger partial charge on any atom is 0.321 e. The Balaban J connectivity index is 2.43. The van der Waals surface area contributed by atoms with Gasteiger partial charge < -0.3 is 19.7 Å². The molecular weight excluding hydrogens is 322 g/mol. The second-order valence-electron chi connectivity index (χ2n) is 6.15. The summed E-state index contributed by atoms with van der Waals surface area (Å²) >= 11 is 0. The van der Waals surface area contributed by atoms with Crippen LogP contribution in [0.15, 0.2) is 18.2 Å². The van der Waals surface area contributed by atoms with Gasteiger partial charge in [0, 0.05) is 12.5 Å². The summed E-state index contributed by atoms with van der Waals surface area (Å²) < 4.78 is 10.5. The predicted octanol–water partition coefficient (Wildman–Crippen LogP) is 0.385. The average Bonchev–Trinajstić information content (AvgIpc) is 2.58. The van der Waals surface area contributed by atoms with Crippen molar-refractivity contribution in [3.8, 4) is 11.5 Å². The van der Waals surface area contributed by atoms with Crippen LogP contribution in [-0.2, 0) is 11.2 Å². The molecule has 3 amide bonds. The first kappa shape index (κ1) is 20.8. The number of likely N-dealkylation sites (N-methyl/N-ethyl adjacent to an activating group) is 1. The molecule has 0 radical (unpaired) electrons. The minimum Gasteiger partial charge on any atom is -0.493 e. The summed E-state index contributed by atoms with van der Waals surface area (Å²) in [5.74, 6) is 1.10. The minimum absolute atomic E-state index is 0.0444. The Morgan fingerprint density at radius 3 is 2.48 bits per heavy atom. The van der Waals surface area contributed by atoms with Crippen LogP contribution in [0.2, 0.25) is 0 Å². The molecule has 1 rings (SSSR count). The van der Waals surface area contributed by atoms with Gasteiger partial charge in [0.15, 0.2) is 18.0 Å². The van der Waals surface area contributed by atoms with Crippen LogP contribution >= 0.6 is 0 Å². The lowest BCUT2D eigenvalue weighted by molar-refractivity contribution is -0.870. The van der Waals surface area contributed by atoms with Crippen LogP contribution in [0, 0.1) is 0 Å². The maximum atomic E-state index is 11.9. The molecule has 140 valence electrons. The lowest BCUT2D eigenvalue weighted by Crippen LogP contribution is -3.10. The van der Waals surface area contributed by atoms with Crippen molar-refractivity contribution in [1.82, 2.24) is 10.6 Å². The summed E-state index contributed by atoms with van der Waals surface area (Å²) in [5.41, 5.74) is 1.10. The number of urea groups is 1. The fourth-order valence-corrected chi connectivity index (χ4v) is 2.29. The van der Waals surface area contributed by atoms with E-state index in [0.29, 0.717) is 11.5 Å². The molecule has 0 bridgehead atoms. The van der Waals surface area contributed by atoms with Gasteiger partial charge in [-0.2, -0.15) is 0 Å². The number of hydrogen-bond acceptors (Lipinski definition) is 4. The van der Waals surface area contributed by atoms with Crippen molar-refractivity contribution >= 4 is 11.9 Å². The Labute approximate surface area is 149 Å². The molecule has 0 aliphatic rings. The van der Waals surface area contributed by atoms with Gasteiger partial charge in [0.1, 0.15) is 0 Å². The van der Waals surface area contributed by atoms with E-state index in [4.69, 9.17) is 9.47 Å². The molecule has 7 nitrogen and oxygen atoms in total. The fourth-order valence-electron chi connectivity index (χ4n) is 2.29. The molecule has 2 atom stereocenters. The number of hydrogen-bond donors (Lipinski definition) is 3. The SMILES string of the molecule is CC[C@@H](C)NC(=O)NC(=O)C[NH+](C)CCc1ccc(OC)c(OC)c1. The number of quaternary nitrogens is 1. The number of benzene rings is 1. The number of carbonyl (C=O) groups is 2. The first-order valence-electron chi connectivity index (χ1n) is 8.52. The van der Waals surface area contributed by atoms with E-state index < -0.39 is 6.03 Å². The highest BCUT2D eigenvalue weighted by molar-refractivity contribution is 5.94. The van der Waals surface area contributed by atoms with Crippen LogP contribution < -0.4 is 25.0 Å². The summed E-state index contributed by atoms with van der Waals surface area (Å²) in [4.78, 5) is 24.6. The van der Waals surface area contributed by atoms with Gasteiger partial charge in [-0.15, -0.1) is 0 Å². The molecule has 1 aromatic carbocycles. The lowest BCUT2D eigenvalue weighted by Gasteiger charge is -2.15. The van der Waals surface area contributed by atoms with E-state index in [1.807, 2.05) is 39.1 Å². The molecule has 7 heteroatoms. The molecule has 1 unspecified atom stereocenters. The van der Waals surface area contributed by atoms with Crippen molar-refractivity contribution in [1.29, 1.82) is 0 Å². The molecule has 0 spiro atoms. The quantitative estimate of drug-likeness (QED) is 0.600. The van der Waals surface area contributed by atoms with Gasteiger partial charge in [0.25, 0.3) is 5.91 Å². The molecule has 0 saturated carbocycles. The fraction of sp³-hybridized carbons (Fsp3) is 0.556. The number of imide groups is 1. The van der Waals surface area contributed by atoms with Crippen molar-refractivity contribution in [3.05, 3.63) is 23.8 Å². The number of amides is 3. The zero-order valence-corrected chi connectivity index (χ0v) is 15.8. The molecule has 0 aliphatic heterocycles. The van der Waals surface area contributed by atoms with Crippen molar-refractivity contribution in [3.63, 3.8) is 0 Å². The number of ether oxygens (including phenoxy) is 2. The van der Waals surface area contributed by atoms with E-state index in [1.165, 1.54) is 0 Å². The third-order valence-electron chi connectivity index (χ3n) is 3.99. The van der Waals surface area contributed by atoms with Crippen LogP contribution in [-0.4, -0.2) is 52.3 Å². The molecule has 25 heavy (non-hydrogen) atoms. The largest absolute Gasteiger partial charge is 0.493 e. The standard InChI is InChI=1S/C18H29N3O4/c1-6-13(2)19-18(23)20-17(22)12-21(3)10-9-14-7-8-15(24-4)16(11-14)25-5/h7-8,11,13H,6,9-10,12H2,1-5H3,(H2,19,20,22,23)/p+1/t13-/m1/s1. The second kappa shape index (κ2) is 10.6. The third kappa shape index (κ3) is 7.43. The van der Waals surface area contributed by atoms with Crippen LogP contribution in [0.3, 0.4) is 0 Å². The molecule has 0 heterocycles. The Bertz CT molecular complexity index is 577. The van der Waals surface area contributed by atoms with E-state index in [1.54, 1.807) is 14.2 Å². The summed E-state index contributed by atoms with van der Waals surface area (Å²) in [6.45, 7) is 4.86. The minimum atomic E-state index is -0.438. The van der Waals surface area contributed by atoms with Gasteiger partial charge in [-0.3, -0.25) is 10.1 Å². The third-order valence-corrected chi connectivity index (χ3v) is 3.99. The topological polar surface area (TPSA) is 81.1 Å². The van der Waals surface area contributed by atoms with Crippen LogP contribution in [0.5, 0.6) is 11.5 Å². The Morgan fingerprint density at radius 2 is 1.88 bits per heavy atom. The highest BCUT2D eigenvalue weighted by atomic mass is 16.5. The second-order valence-corrected chi connectivity index (χ2v) is 6.15. The first-order chi connectivity index (χ1) is 11.9. The van der Waals surface area contributed by atoms with Crippen molar-refractivity contribution in [2.45, 2.75) is 32.7 Å². The molecular formula is C18H30N3O4+. The van der Waals surface area contributed by atoms with Crippen molar-refractivity contribution < 1.29 is 24.0 Å².